The number of ether oxygens (including phenoxy) is 6. The van der Waals surface area contributed by atoms with E-state index in [9.17, 15) is 20.1 Å². The standard InChI is InChI=1S/C41H44N4O11S/c1-17-9-20-12-40(50)15-44(4)30(27(20)32(48)33(17)52-6)31-37-29-28(36-35(54-16-55-36)18(2)34(29)56-19(3)47)26(45(31)40)14-53-39(49)41(57-37)38-24(10-21(13-46)43-41)23-11-22(51-5)7-8-25(23)42-38/h7-9,11,21,26,30-31,37,42-43,46,48,50H,10,12-16H2,1-6H3/t21-,26-,30?,31+,37+,40?,41-/m0/s1. The number of thioether (sulfide) groups is 1. The number of H-pyrrole nitrogens is 1. The van der Waals surface area contributed by atoms with Gasteiger partial charge >= 0.3 is 11.9 Å². The summed E-state index contributed by atoms with van der Waals surface area (Å²) in [4.78, 5) is 34.2. The Bertz CT molecular complexity index is 2420. The van der Waals surface area contributed by atoms with E-state index < -0.39 is 52.0 Å². The predicted molar refractivity (Wildman–Crippen MR) is 206 cm³/mol. The molecule has 1 fully saturated rings. The first-order chi connectivity index (χ1) is 27.3. The maximum absolute atomic E-state index is 15.2. The molecule has 0 amide bonds. The number of carbonyl (C=O) groups excluding carboxylic acids is 2. The molecule has 0 aliphatic carbocycles. The highest BCUT2D eigenvalue weighted by Gasteiger charge is 2.66. The molecule has 0 saturated carbocycles. The van der Waals surface area contributed by atoms with Crippen molar-refractivity contribution < 1.29 is 53.3 Å². The summed E-state index contributed by atoms with van der Waals surface area (Å²) in [6, 6.07) is 4.94. The summed E-state index contributed by atoms with van der Waals surface area (Å²) in [7, 11) is 5.03. The number of aromatic amines is 1. The molecule has 8 heterocycles. The van der Waals surface area contributed by atoms with Crippen molar-refractivity contribution in [3.8, 4) is 34.5 Å². The molecular weight excluding hydrogens is 757 g/mol. The Morgan fingerprint density at radius 1 is 1.07 bits per heavy atom. The highest BCUT2D eigenvalue weighted by molar-refractivity contribution is 8.01. The fraction of sp³-hybridized carbons (Fsp3) is 0.463. The molecule has 7 aliphatic heterocycles. The van der Waals surface area contributed by atoms with Crippen LogP contribution in [0.25, 0.3) is 10.9 Å². The lowest BCUT2D eigenvalue weighted by Gasteiger charge is -2.60. The fourth-order valence-corrected chi connectivity index (χ4v) is 12.5. The Morgan fingerprint density at radius 3 is 2.60 bits per heavy atom. The summed E-state index contributed by atoms with van der Waals surface area (Å²) in [6.07, 6.45) is 0.539. The average Bonchev–Trinajstić information content (AvgIpc) is 3.78. The molecule has 57 heavy (non-hydrogen) atoms. The Balaban J connectivity index is 1.31. The molecule has 11 rings (SSSR count). The van der Waals surface area contributed by atoms with E-state index in [0.29, 0.717) is 57.4 Å². The van der Waals surface area contributed by atoms with E-state index in [4.69, 9.17) is 28.4 Å². The van der Waals surface area contributed by atoms with Gasteiger partial charge in [-0.15, -0.1) is 11.8 Å². The number of aliphatic hydroxyl groups excluding tert-OH is 1. The molecule has 5 N–H and O–H groups in total. The number of aromatic nitrogens is 1. The second-order valence-corrected chi connectivity index (χ2v) is 17.3. The highest BCUT2D eigenvalue weighted by atomic mass is 32.2. The van der Waals surface area contributed by atoms with E-state index in [1.54, 1.807) is 7.11 Å². The molecule has 2 unspecified atom stereocenters. The van der Waals surface area contributed by atoms with Crippen LogP contribution >= 0.6 is 11.8 Å². The molecule has 4 bridgehead atoms. The zero-order valence-electron chi connectivity index (χ0n) is 32.3. The third-order valence-corrected chi connectivity index (χ3v) is 14.3. The van der Waals surface area contributed by atoms with Gasteiger partial charge in [0.1, 0.15) is 23.8 Å². The first kappa shape index (κ1) is 36.6. The normalized spacial score (nSPS) is 29.8. The van der Waals surface area contributed by atoms with Crippen molar-refractivity contribution in [3.63, 3.8) is 0 Å². The quantitative estimate of drug-likeness (QED) is 0.149. The van der Waals surface area contributed by atoms with Crippen LogP contribution in [0.5, 0.6) is 34.5 Å². The largest absolute Gasteiger partial charge is 0.504 e. The van der Waals surface area contributed by atoms with Gasteiger partial charge < -0.3 is 48.7 Å². The van der Waals surface area contributed by atoms with E-state index >= 15 is 4.79 Å². The van der Waals surface area contributed by atoms with Gasteiger partial charge in [-0.2, -0.15) is 0 Å². The van der Waals surface area contributed by atoms with E-state index in [1.165, 1.54) is 25.8 Å². The van der Waals surface area contributed by atoms with Crippen molar-refractivity contribution in [2.24, 2.45) is 0 Å². The van der Waals surface area contributed by atoms with Crippen LogP contribution in [0.4, 0.5) is 0 Å². The number of aryl methyl sites for hydroxylation is 1. The smallest absolute Gasteiger partial charge is 0.343 e. The number of cyclic esters (lactones) is 1. The van der Waals surface area contributed by atoms with Crippen molar-refractivity contribution in [3.05, 3.63) is 68.9 Å². The summed E-state index contributed by atoms with van der Waals surface area (Å²) in [6.45, 7) is 4.60. The number of esters is 2. The zero-order chi connectivity index (χ0) is 39.9. The van der Waals surface area contributed by atoms with Crippen molar-refractivity contribution >= 4 is 34.6 Å². The third kappa shape index (κ3) is 4.91. The number of phenolic OH excluding ortho intramolecular Hbond substituents is 1. The van der Waals surface area contributed by atoms with Crippen LogP contribution in [-0.4, -0.2) is 108 Å². The summed E-state index contributed by atoms with van der Waals surface area (Å²) < 4.78 is 36.3. The number of piperazine rings is 1. The Labute approximate surface area is 332 Å². The van der Waals surface area contributed by atoms with Crippen molar-refractivity contribution in [1.82, 2.24) is 20.1 Å². The Kier molecular flexibility index (Phi) is 8.12. The number of hydrogen-bond donors (Lipinski definition) is 5. The number of aromatic hydroxyl groups is 1. The van der Waals surface area contributed by atoms with Crippen LogP contribution in [0, 0.1) is 13.8 Å². The highest BCUT2D eigenvalue weighted by Crippen LogP contribution is 2.67. The molecular formula is C41H44N4O11S. The van der Waals surface area contributed by atoms with Crippen molar-refractivity contribution in [1.29, 1.82) is 0 Å². The van der Waals surface area contributed by atoms with Crippen LogP contribution in [-0.2, 0) is 32.0 Å². The van der Waals surface area contributed by atoms with Crippen LogP contribution in [0.15, 0.2) is 24.3 Å². The number of fused-ring (bicyclic) bond motifs is 6. The molecule has 16 heteroatoms. The zero-order valence-corrected chi connectivity index (χ0v) is 33.2. The minimum Gasteiger partial charge on any atom is -0.504 e. The SMILES string of the molecule is COc1ccc2[nH]c3c(c2c1)C[C@@H](CO)N[C@]31S[C@@H]2c3c(OC(C)=O)c(C)c4c(c3[C@H](COC1=O)N1[C@@H]2C2c3c(cc(C)c(OC)c3O)CC1(O)CN2C)OCO4. The second-order valence-electron chi connectivity index (χ2n) is 16.0. The number of hydrogen-bond acceptors (Lipinski definition) is 15. The minimum atomic E-state index is -1.67. The molecule has 1 saturated heterocycles. The van der Waals surface area contributed by atoms with Crippen LogP contribution in [0.3, 0.4) is 0 Å². The van der Waals surface area contributed by atoms with E-state index in [0.717, 1.165) is 27.6 Å². The van der Waals surface area contributed by atoms with Gasteiger partial charge in [-0.25, -0.2) is 4.79 Å². The van der Waals surface area contributed by atoms with Crippen molar-refractivity contribution in [2.45, 2.75) is 73.6 Å². The molecule has 4 aromatic rings. The summed E-state index contributed by atoms with van der Waals surface area (Å²) in [5, 5.41) is 39.8. The monoisotopic (exact) mass is 800 g/mol. The van der Waals surface area contributed by atoms with Gasteiger partial charge in [-0.1, -0.05) is 6.07 Å². The Hall–Kier alpha value is -4.71. The molecule has 15 nitrogen and oxygen atoms in total. The topological polar surface area (TPSA) is 185 Å². The van der Waals surface area contributed by atoms with Gasteiger partial charge in [-0.3, -0.25) is 19.9 Å². The fourth-order valence-electron chi connectivity index (χ4n) is 10.7. The lowest BCUT2D eigenvalue weighted by molar-refractivity contribution is -0.213. The van der Waals surface area contributed by atoms with Gasteiger partial charge in [0.05, 0.1) is 43.9 Å². The van der Waals surface area contributed by atoms with Gasteiger partial charge in [0.2, 0.25) is 11.7 Å². The number of likely N-dealkylation sites (N-methyl/N-ethyl adjacent to an activating group) is 1. The minimum absolute atomic E-state index is 0.0245. The number of nitrogens with zero attached hydrogens (tertiary/aromatic N) is 2. The van der Waals surface area contributed by atoms with E-state index in [-0.39, 0.29) is 44.5 Å². The van der Waals surface area contributed by atoms with E-state index in [1.807, 2.05) is 55.0 Å². The maximum Gasteiger partial charge on any atom is 0.343 e. The molecule has 7 atom stereocenters. The number of rotatable bonds is 4. The lowest BCUT2D eigenvalue weighted by atomic mass is 9.78. The molecule has 1 spiro atoms. The Morgan fingerprint density at radius 2 is 1.86 bits per heavy atom. The van der Waals surface area contributed by atoms with Gasteiger partial charge in [0.15, 0.2) is 23.0 Å². The molecule has 300 valence electrons. The number of methoxy groups -OCH3 is 2. The van der Waals surface area contributed by atoms with Gasteiger partial charge in [0.25, 0.3) is 0 Å². The number of phenols is 1. The summed E-state index contributed by atoms with van der Waals surface area (Å²) in [5.74, 6) is 0.900. The lowest BCUT2D eigenvalue weighted by Crippen LogP contribution is -2.69. The maximum atomic E-state index is 15.2. The van der Waals surface area contributed by atoms with E-state index in [2.05, 4.69) is 10.3 Å². The van der Waals surface area contributed by atoms with Gasteiger partial charge in [-0.05, 0) is 62.2 Å². The second kappa shape index (κ2) is 12.6. The number of aliphatic hydroxyl groups is 2. The molecule has 7 aliphatic rings. The van der Waals surface area contributed by atoms with Crippen LogP contribution in [0.2, 0.25) is 0 Å². The number of carbonyl (C=O) groups is 2. The summed E-state index contributed by atoms with van der Waals surface area (Å²) >= 11 is 1.26. The molecule has 0 radical (unpaired) electrons. The van der Waals surface area contributed by atoms with Crippen LogP contribution < -0.4 is 29.0 Å². The predicted octanol–water partition coefficient (Wildman–Crippen LogP) is 3.51. The molecule has 3 aromatic carbocycles. The first-order valence-corrected chi connectivity index (χ1v) is 19.9. The average molecular weight is 801 g/mol. The van der Waals surface area contributed by atoms with Crippen molar-refractivity contribution in [2.75, 3.05) is 47.8 Å². The number of benzene rings is 3. The number of nitrogens with one attached hydrogen (secondary N) is 2. The third-order valence-electron chi connectivity index (χ3n) is 12.7. The summed E-state index contributed by atoms with van der Waals surface area (Å²) in [5.41, 5.74) is 4.40. The van der Waals surface area contributed by atoms with Crippen LogP contribution in [0.1, 0.15) is 68.9 Å². The molecule has 1 aromatic heterocycles. The first-order valence-electron chi connectivity index (χ1n) is 19.0. The van der Waals surface area contributed by atoms with Gasteiger partial charge in [0, 0.05) is 65.1 Å².